The first kappa shape index (κ1) is 22.6. The van der Waals surface area contributed by atoms with Gasteiger partial charge in [0.05, 0.1) is 0 Å². The van der Waals surface area contributed by atoms with Crippen molar-refractivity contribution in [2.75, 3.05) is 0 Å². The molecule has 8 nitrogen and oxygen atoms in total. The van der Waals surface area contributed by atoms with Crippen LogP contribution in [-0.4, -0.2) is 38.0 Å². The van der Waals surface area contributed by atoms with Crippen molar-refractivity contribution in [3.05, 3.63) is 54.1 Å². The Labute approximate surface area is 193 Å². The number of nitrogens with zero attached hydrogens (tertiary/aromatic N) is 3. The quantitative estimate of drug-likeness (QED) is 0.488. The summed E-state index contributed by atoms with van der Waals surface area (Å²) in [4.78, 5) is 25.4. The Balaban J connectivity index is 1.44. The van der Waals surface area contributed by atoms with Gasteiger partial charge < -0.3 is 10.6 Å². The zero-order chi connectivity index (χ0) is 23.1. The number of aromatic amines is 1. The number of carbonyl (C=O) groups excluding carboxylic acids is 2. The van der Waals surface area contributed by atoms with E-state index >= 15 is 0 Å². The van der Waals surface area contributed by atoms with Gasteiger partial charge >= 0.3 is 0 Å². The molecular formula is C25H30N6O2. The molecule has 0 aliphatic heterocycles. The van der Waals surface area contributed by atoms with Gasteiger partial charge in [-0.3, -0.25) is 9.59 Å². The number of aromatic nitrogens is 4. The molecule has 1 fully saturated rings. The van der Waals surface area contributed by atoms with Crippen LogP contribution in [0.4, 0.5) is 0 Å². The number of hydrogen-bond acceptors (Lipinski definition) is 5. The highest BCUT2D eigenvalue weighted by molar-refractivity contribution is 5.91. The van der Waals surface area contributed by atoms with Crippen LogP contribution in [-0.2, 0) is 16.1 Å². The number of hydrogen-bond donors (Lipinski definition) is 3. The highest BCUT2D eigenvalue weighted by atomic mass is 16.2. The molecule has 0 atom stereocenters. The summed E-state index contributed by atoms with van der Waals surface area (Å²) in [6.45, 7) is 2.38. The van der Waals surface area contributed by atoms with E-state index in [9.17, 15) is 9.59 Å². The lowest BCUT2D eigenvalue weighted by molar-refractivity contribution is -0.135. The molecule has 2 amide bonds. The summed E-state index contributed by atoms with van der Waals surface area (Å²) >= 11 is 0. The van der Waals surface area contributed by atoms with E-state index in [2.05, 4.69) is 31.3 Å². The molecule has 2 aromatic carbocycles. The Morgan fingerprint density at radius 2 is 1.73 bits per heavy atom. The van der Waals surface area contributed by atoms with Crippen LogP contribution in [0.1, 0.15) is 57.4 Å². The zero-order valence-electron chi connectivity index (χ0n) is 18.9. The van der Waals surface area contributed by atoms with Gasteiger partial charge in [0.1, 0.15) is 5.54 Å². The number of carbonyl (C=O) groups is 2. The van der Waals surface area contributed by atoms with E-state index in [-0.39, 0.29) is 11.8 Å². The zero-order valence-corrected chi connectivity index (χ0v) is 18.9. The minimum Gasteiger partial charge on any atom is -0.350 e. The molecule has 3 N–H and O–H groups in total. The molecule has 0 radical (unpaired) electrons. The Kier molecular flexibility index (Phi) is 7.12. The van der Waals surface area contributed by atoms with Gasteiger partial charge in [0, 0.05) is 18.5 Å². The average Bonchev–Trinajstić information content (AvgIpc) is 3.38. The molecule has 8 heteroatoms. The Bertz CT molecular complexity index is 1070. The molecule has 1 saturated carbocycles. The second kappa shape index (κ2) is 10.4. The fourth-order valence-corrected chi connectivity index (χ4v) is 4.48. The first-order chi connectivity index (χ1) is 16.1. The van der Waals surface area contributed by atoms with E-state index in [1.54, 1.807) is 0 Å². The Morgan fingerprint density at radius 3 is 2.39 bits per heavy atom. The van der Waals surface area contributed by atoms with Crippen LogP contribution in [0.25, 0.3) is 22.5 Å². The normalized spacial score (nSPS) is 15.1. The van der Waals surface area contributed by atoms with Gasteiger partial charge in [0.2, 0.25) is 17.6 Å². The Hall–Kier alpha value is -3.55. The van der Waals surface area contributed by atoms with E-state index in [0.29, 0.717) is 31.6 Å². The minimum atomic E-state index is -0.784. The first-order valence-corrected chi connectivity index (χ1v) is 11.6. The molecular weight excluding hydrogens is 416 g/mol. The van der Waals surface area contributed by atoms with Crippen molar-refractivity contribution in [2.24, 2.45) is 0 Å². The monoisotopic (exact) mass is 446 g/mol. The second-order valence-electron chi connectivity index (χ2n) is 8.60. The van der Waals surface area contributed by atoms with Gasteiger partial charge in [-0.05, 0) is 41.2 Å². The second-order valence-corrected chi connectivity index (χ2v) is 8.60. The minimum absolute atomic E-state index is 0.0424. The maximum absolute atomic E-state index is 13.1. The third-order valence-corrected chi connectivity index (χ3v) is 6.23. The van der Waals surface area contributed by atoms with Gasteiger partial charge in [-0.15, -0.1) is 10.2 Å². The topological polar surface area (TPSA) is 113 Å². The average molecular weight is 447 g/mol. The molecule has 172 valence electrons. The largest absolute Gasteiger partial charge is 0.350 e. The first-order valence-electron chi connectivity index (χ1n) is 11.6. The van der Waals surface area contributed by atoms with Crippen LogP contribution in [0.3, 0.4) is 0 Å². The van der Waals surface area contributed by atoms with E-state index < -0.39 is 5.54 Å². The van der Waals surface area contributed by atoms with E-state index in [1.807, 2.05) is 55.5 Å². The molecule has 4 rings (SSSR count). The van der Waals surface area contributed by atoms with Crippen LogP contribution in [0.2, 0.25) is 0 Å². The number of H-pyrrole nitrogens is 1. The van der Waals surface area contributed by atoms with Crippen LogP contribution < -0.4 is 10.6 Å². The summed E-state index contributed by atoms with van der Waals surface area (Å²) in [5, 5.41) is 20.5. The van der Waals surface area contributed by atoms with Crippen molar-refractivity contribution in [3.8, 4) is 22.5 Å². The van der Waals surface area contributed by atoms with E-state index in [4.69, 9.17) is 0 Å². The molecule has 0 saturated heterocycles. The van der Waals surface area contributed by atoms with Gasteiger partial charge in [-0.2, -0.15) is 5.21 Å². The van der Waals surface area contributed by atoms with Gasteiger partial charge in [-0.1, -0.05) is 74.7 Å². The fraction of sp³-hybridized carbons (Fsp3) is 0.400. The van der Waals surface area contributed by atoms with Gasteiger partial charge in [-0.25, -0.2) is 0 Å². The standard InChI is InChI=1S/C25H30N6O2/c1-2-8-22(32)27-25(15-6-3-7-16-25)24(33)26-17-18-11-13-19(14-12-18)20-9-4-5-10-21(20)23-28-30-31-29-23/h4-5,9-14H,2-3,6-8,15-17H2,1H3,(H,26,33)(H,27,32)(H,28,29,30,31). The predicted molar refractivity (Wildman–Crippen MR) is 126 cm³/mol. The molecule has 0 unspecified atom stereocenters. The number of nitrogens with one attached hydrogen (secondary N) is 3. The summed E-state index contributed by atoms with van der Waals surface area (Å²) in [7, 11) is 0. The highest BCUT2D eigenvalue weighted by Gasteiger charge is 2.40. The van der Waals surface area contributed by atoms with Crippen LogP contribution in [0, 0.1) is 0 Å². The van der Waals surface area contributed by atoms with Crippen molar-refractivity contribution in [1.82, 2.24) is 31.3 Å². The van der Waals surface area contributed by atoms with Crippen LogP contribution in [0.15, 0.2) is 48.5 Å². The SMILES string of the molecule is CCCC(=O)NC1(C(=O)NCc2ccc(-c3ccccc3-c3nn[nH]n3)cc2)CCCCC1. The fourth-order valence-electron chi connectivity index (χ4n) is 4.48. The molecule has 33 heavy (non-hydrogen) atoms. The third kappa shape index (κ3) is 5.27. The molecule has 1 aliphatic rings. The summed E-state index contributed by atoms with van der Waals surface area (Å²) in [6.07, 6.45) is 5.61. The maximum atomic E-state index is 13.1. The predicted octanol–water partition coefficient (Wildman–Crippen LogP) is 3.77. The summed E-state index contributed by atoms with van der Waals surface area (Å²) in [5.41, 5.74) is 3.15. The lowest BCUT2D eigenvalue weighted by Gasteiger charge is -2.36. The van der Waals surface area contributed by atoms with Gasteiger partial charge in [0.15, 0.2) is 0 Å². The van der Waals surface area contributed by atoms with Crippen molar-refractivity contribution in [2.45, 2.75) is 64.0 Å². The summed E-state index contributed by atoms with van der Waals surface area (Å²) < 4.78 is 0. The number of amides is 2. The lowest BCUT2D eigenvalue weighted by atomic mass is 9.80. The van der Waals surface area contributed by atoms with Crippen molar-refractivity contribution in [3.63, 3.8) is 0 Å². The number of tetrazole rings is 1. The van der Waals surface area contributed by atoms with Gasteiger partial charge in [0.25, 0.3) is 0 Å². The van der Waals surface area contributed by atoms with Crippen molar-refractivity contribution in [1.29, 1.82) is 0 Å². The summed E-state index contributed by atoms with van der Waals surface area (Å²) in [6, 6.07) is 16.0. The molecule has 3 aromatic rings. The molecule has 1 aliphatic carbocycles. The maximum Gasteiger partial charge on any atom is 0.246 e. The molecule has 1 heterocycles. The smallest absolute Gasteiger partial charge is 0.246 e. The molecule has 0 bridgehead atoms. The van der Waals surface area contributed by atoms with E-state index in [1.165, 1.54) is 0 Å². The van der Waals surface area contributed by atoms with Crippen molar-refractivity contribution >= 4 is 11.8 Å². The van der Waals surface area contributed by atoms with E-state index in [0.717, 1.165) is 47.9 Å². The third-order valence-electron chi connectivity index (χ3n) is 6.23. The lowest BCUT2D eigenvalue weighted by Crippen LogP contribution is -2.59. The number of rotatable bonds is 8. The molecule has 0 spiro atoms. The summed E-state index contributed by atoms with van der Waals surface area (Å²) in [5.74, 6) is 0.419. The molecule has 1 aromatic heterocycles. The van der Waals surface area contributed by atoms with Crippen LogP contribution in [0.5, 0.6) is 0 Å². The van der Waals surface area contributed by atoms with Crippen LogP contribution >= 0.6 is 0 Å². The number of benzene rings is 2. The highest BCUT2D eigenvalue weighted by Crippen LogP contribution is 2.30. The van der Waals surface area contributed by atoms with Crippen molar-refractivity contribution < 1.29 is 9.59 Å². The Morgan fingerprint density at radius 1 is 1.00 bits per heavy atom.